The molecule has 0 radical (unpaired) electrons. The van der Waals surface area contributed by atoms with Crippen LogP contribution in [-0.2, 0) is 11.2 Å². The summed E-state index contributed by atoms with van der Waals surface area (Å²) < 4.78 is 0. The van der Waals surface area contributed by atoms with Crippen molar-refractivity contribution in [2.45, 2.75) is 12.8 Å². The lowest BCUT2D eigenvalue weighted by Gasteiger charge is -2.23. The summed E-state index contributed by atoms with van der Waals surface area (Å²) >= 11 is 0. The maximum absolute atomic E-state index is 12.7. The minimum Gasteiger partial charge on any atom is -0.385 e. The quantitative estimate of drug-likeness (QED) is 0.881. The lowest BCUT2D eigenvalue weighted by Crippen LogP contribution is -2.35. The number of likely N-dealkylation sites (N-methyl/N-ethyl adjacent to an activating group) is 1. The van der Waals surface area contributed by atoms with E-state index in [1.165, 1.54) is 4.90 Å². The summed E-state index contributed by atoms with van der Waals surface area (Å²) in [6.45, 7) is 0.949. The largest absolute Gasteiger partial charge is 0.385 e. The van der Waals surface area contributed by atoms with Crippen LogP contribution in [0.3, 0.4) is 0 Å². The van der Waals surface area contributed by atoms with Crippen LogP contribution in [0.5, 0.6) is 0 Å². The number of hydrogen-bond acceptors (Lipinski definition) is 3. The van der Waals surface area contributed by atoms with E-state index < -0.39 is 0 Å². The molecule has 0 unspecified atom stereocenters. The molecule has 0 aliphatic carbocycles. The Labute approximate surface area is 153 Å². The van der Waals surface area contributed by atoms with Crippen LogP contribution < -0.4 is 10.6 Å². The number of nitrogens with one attached hydrogen (secondary N) is 2. The molecule has 1 aliphatic heterocycles. The first kappa shape index (κ1) is 18.8. The van der Waals surface area contributed by atoms with Gasteiger partial charge in [0.1, 0.15) is 0 Å². The Kier molecular flexibility index (Phi) is 6.42. The maximum Gasteiger partial charge on any atom is 0.254 e. The molecule has 6 heteroatoms. The van der Waals surface area contributed by atoms with Crippen molar-refractivity contribution in [3.63, 3.8) is 0 Å². The van der Waals surface area contributed by atoms with Crippen LogP contribution >= 0.6 is 12.4 Å². The molecule has 3 rings (SSSR count). The second-order valence-corrected chi connectivity index (χ2v) is 5.94. The molecule has 0 atom stereocenters. The van der Waals surface area contributed by atoms with Gasteiger partial charge in [0.2, 0.25) is 5.91 Å². The zero-order chi connectivity index (χ0) is 16.9. The van der Waals surface area contributed by atoms with Crippen molar-refractivity contribution in [3.05, 3.63) is 59.7 Å². The summed E-state index contributed by atoms with van der Waals surface area (Å²) in [4.78, 5) is 26.3. The zero-order valence-electron chi connectivity index (χ0n) is 14.1. The average molecular weight is 360 g/mol. The number of anilines is 2. The van der Waals surface area contributed by atoms with Gasteiger partial charge in [-0.15, -0.1) is 12.4 Å². The van der Waals surface area contributed by atoms with Crippen molar-refractivity contribution in [2.75, 3.05) is 30.8 Å². The Morgan fingerprint density at radius 2 is 1.88 bits per heavy atom. The highest BCUT2D eigenvalue weighted by Gasteiger charge is 2.21. The first-order valence-electron chi connectivity index (χ1n) is 8.11. The predicted molar refractivity (Wildman–Crippen MR) is 103 cm³/mol. The van der Waals surface area contributed by atoms with Crippen LogP contribution in [0.4, 0.5) is 11.4 Å². The lowest BCUT2D eigenvalue weighted by atomic mass is 9.97. The molecule has 2 aromatic rings. The number of amides is 2. The molecule has 0 saturated heterocycles. The van der Waals surface area contributed by atoms with Gasteiger partial charge in [0, 0.05) is 30.5 Å². The summed E-state index contributed by atoms with van der Waals surface area (Å²) in [5.41, 5.74) is 3.47. The van der Waals surface area contributed by atoms with Crippen LogP contribution in [-0.4, -0.2) is 36.9 Å². The minimum absolute atomic E-state index is 0. The molecule has 2 aromatic carbocycles. The molecule has 1 heterocycles. The molecule has 25 heavy (non-hydrogen) atoms. The first-order chi connectivity index (χ1) is 11.6. The summed E-state index contributed by atoms with van der Waals surface area (Å²) in [7, 11) is 1.66. The third kappa shape index (κ3) is 4.51. The molecule has 2 N–H and O–H groups in total. The summed E-state index contributed by atoms with van der Waals surface area (Å²) in [6.07, 6.45) is 1.89. The number of benzene rings is 2. The fraction of sp³-hybridized carbons (Fsp3) is 0.263. The number of carbonyl (C=O) groups is 2. The molecule has 0 aromatic heterocycles. The number of hydrogen-bond donors (Lipinski definition) is 2. The molecule has 132 valence electrons. The lowest BCUT2D eigenvalue weighted by molar-refractivity contribution is -0.116. The highest BCUT2D eigenvalue weighted by atomic mass is 35.5. The topological polar surface area (TPSA) is 61.4 Å². The number of halogens is 1. The summed E-state index contributed by atoms with van der Waals surface area (Å²) in [5, 5.41) is 6.12. The number of rotatable bonds is 4. The van der Waals surface area contributed by atoms with Gasteiger partial charge in [-0.25, -0.2) is 0 Å². The van der Waals surface area contributed by atoms with Crippen molar-refractivity contribution < 1.29 is 9.59 Å². The van der Waals surface area contributed by atoms with E-state index in [0.717, 1.165) is 36.3 Å². The molecule has 1 aliphatic rings. The average Bonchev–Trinajstić information content (AvgIpc) is 2.61. The van der Waals surface area contributed by atoms with E-state index in [4.69, 9.17) is 0 Å². The number of carbonyl (C=O) groups excluding carboxylic acids is 2. The molecule has 0 fully saturated rings. The van der Waals surface area contributed by atoms with Gasteiger partial charge in [0.05, 0.1) is 6.54 Å². The standard InChI is InChI=1S/C19H21N3O2.ClH/c1-22(13-18(23)21-14-7-3-2-4-8-14)19(24)16-9-5-11-17-15(16)10-6-12-20-17;/h2-5,7-9,11,20H,6,10,12-13H2,1H3,(H,21,23);1H. The van der Waals surface area contributed by atoms with E-state index in [2.05, 4.69) is 10.6 Å². The van der Waals surface area contributed by atoms with Crippen LogP contribution in [0, 0.1) is 0 Å². The Bertz CT molecular complexity index is 750. The van der Waals surface area contributed by atoms with Gasteiger partial charge in [0.15, 0.2) is 0 Å². The molecule has 0 spiro atoms. The molecular weight excluding hydrogens is 338 g/mol. The minimum atomic E-state index is -0.208. The normalized spacial score (nSPS) is 12.2. The molecule has 2 amide bonds. The first-order valence-corrected chi connectivity index (χ1v) is 8.11. The maximum atomic E-state index is 12.7. The monoisotopic (exact) mass is 359 g/mol. The molecule has 0 saturated carbocycles. The second-order valence-electron chi connectivity index (χ2n) is 5.94. The van der Waals surface area contributed by atoms with E-state index in [1.807, 2.05) is 48.5 Å². The van der Waals surface area contributed by atoms with Gasteiger partial charge in [0.25, 0.3) is 5.91 Å². The Balaban J connectivity index is 0.00000225. The number of para-hydroxylation sites is 1. The van der Waals surface area contributed by atoms with E-state index in [0.29, 0.717) is 5.56 Å². The smallest absolute Gasteiger partial charge is 0.254 e. The van der Waals surface area contributed by atoms with E-state index in [-0.39, 0.29) is 30.8 Å². The highest BCUT2D eigenvalue weighted by molar-refractivity contribution is 6.01. The second kappa shape index (κ2) is 8.53. The molecule has 5 nitrogen and oxygen atoms in total. The van der Waals surface area contributed by atoms with Crippen molar-refractivity contribution in [1.82, 2.24) is 4.90 Å². The third-order valence-corrected chi connectivity index (χ3v) is 4.11. The Morgan fingerprint density at radius 1 is 1.12 bits per heavy atom. The van der Waals surface area contributed by atoms with Crippen LogP contribution in [0.2, 0.25) is 0 Å². The van der Waals surface area contributed by atoms with Crippen LogP contribution in [0.1, 0.15) is 22.3 Å². The zero-order valence-corrected chi connectivity index (χ0v) is 14.9. The van der Waals surface area contributed by atoms with Crippen molar-refractivity contribution in [1.29, 1.82) is 0 Å². The van der Waals surface area contributed by atoms with Crippen molar-refractivity contribution in [3.8, 4) is 0 Å². The number of nitrogens with zero attached hydrogens (tertiary/aromatic N) is 1. The van der Waals surface area contributed by atoms with E-state index in [9.17, 15) is 9.59 Å². The van der Waals surface area contributed by atoms with Crippen LogP contribution in [0.25, 0.3) is 0 Å². The molecule has 0 bridgehead atoms. The van der Waals surface area contributed by atoms with Gasteiger partial charge in [-0.05, 0) is 42.7 Å². The fourth-order valence-electron chi connectivity index (χ4n) is 2.93. The third-order valence-electron chi connectivity index (χ3n) is 4.11. The van der Waals surface area contributed by atoms with E-state index >= 15 is 0 Å². The van der Waals surface area contributed by atoms with Gasteiger partial charge < -0.3 is 15.5 Å². The van der Waals surface area contributed by atoms with Crippen LogP contribution in [0.15, 0.2) is 48.5 Å². The van der Waals surface area contributed by atoms with Gasteiger partial charge in [-0.1, -0.05) is 24.3 Å². The van der Waals surface area contributed by atoms with Gasteiger partial charge in [-0.2, -0.15) is 0 Å². The van der Waals surface area contributed by atoms with Gasteiger partial charge in [-0.3, -0.25) is 9.59 Å². The highest BCUT2D eigenvalue weighted by Crippen LogP contribution is 2.26. The van der Waals surface area contributed by atoms with Gasteiger partial charge >= 0.3 is 0 Å². The predicted octanol–water partition coefficient (Wildman–Crippen LogP) is 3.18. The van der Waals surface area contributed by atoms with Crippen molar-refractivity contribution >= 4 is 35.6 Å². The Morgan fingerprint density at radius 3 is 2.64 bits per heavy atom. The summed E-state index contributed by atoms with van der Waals surface area (Å²) in [6, 6.07) is 14.9. The summed E-state index contributed by atoms with van der Waals surface area (Å²) in [5.74, 6) is -0.335. The fourth-order valence-corrected chi connectivity index (χ4v) is 2.93. The Hall–Kier alpha value is -2.53. The van der Waals surface area contributed by atoms with Crippen molar-refractivity contribution in [2.24, 2.45) is 0 Å². The molecular formula is C19H22ClN3O2. The van der Waals surface area contributed by atoms with E-state index in [1.54, 1.807) is 7.05 Å². The number of fused-ring (bicyclic) bond motifs is 1. The SMILES string of the molecule is CN(CC(=O)Nc1ccccc1)C(=O)c1cccc2c1CCCN2.Cl.